The fourth-order valence-corrected chi connectivity index (χ4v) is 2.95. The zero-order chi connectivity index (χ0) is 13.6. The Morgan fingerprint density at radius 1 is 0.950 bits per heavy atom. The van der Waals surface area contributed by atoms with Crippen molar-refractivity contribution in [2.45, 2.75) is 12.3 Å². The van der Waals surface area contributed by atoms with E-state index in [2.05, 4.69) is 70.9 Å². The van der Waals surface area contributed by atoms with Crippen LogP contribution in [0.1, 0.15) is 17.9 Å². The Morgan fingerprint density at radius 3 is 2.40 bits per heavy atom. The molecular formula is C18H22N2. The number of anilines is 1. The molecule has 0 spiro atoms. The molecule has 2 nitrogen and oxygen atoms in total. The number of para-hydroxylation sites is 1. The number of rotatable bonds is 5. The average molecular weight is 266 g/mol. The van der Waals surface area contributed by atoms with Crippen LogP contribution in [0.15, 0.2) is 60.7 Å². The van der Waals surface area contributed by atoms with E-state index in [1.54, 1.807) is 0 Å². The van der Waals surface area contributed by atoms with Gasteiger partial charge in [0, 0.05) is 25.3 Å². The number of nitrogens with one attached hydrogen (secondary N) is 1. The topological polar surface area (TPSA) is 15.3 Å². The van der Waals surface area contributed by atoms with Crippen LogP contribution in [0.3, 0.4) is 0 Å². The van der Waals surface area contributed by atoms with Gasteiger partial charge in [0.05, 0.1) is 0 Å². The second kappa shape index (κ2) is 6.58. The van der Waals surface area contributed by atoms with Gasteiger partial charge in [0.2, 0.25) is 0 Å². The summed E-state index contributed by atoms with van der Waals surface area (Å²) >= 11 is 0. The number of hydrogen-bond donors (Lipinski definition) is 1. The van der Waals surface area contributed by atoms with Gasteiger partial charge in [-0.1, -0.05) is 48.5 Å². The first-order valence-corrected chi connectivity index (χ1v) is 7.48. The number of benzene rings is 2. The molecule has 0 aromatic heterocycles. The quantitative estimate of drug-likeness (QED) is 0.889. The molecule has 1 fully saturated rings. The standard InChI is InChI=1S/C18H22N2/c1-3-7-16(8-4-1)17-11-13-20(15-17)14-12-19-18-9-5-2-6-10-18/h1-10,17,19H,11-15H2. The molecule has 0 radical (unpaired) electrons. The summed E-state index contributed by atoms with van der Waals surface area (Å²) in [6.45, 7) is 4.56. The molecule has 0 amide bonds. The van der Waals surface area contributed by atoms with Crippen molar-refractivity contribution in [1.29, 1.82) is 0 Å². The molecule has 1 unspecified atom stereocenters. The smallest absolute Gasteiger partial charge is 0.0340 e. The molecule has 0 bridgehead atoms. The Bertz CT molecular complexity index is 509. The van der Waals surface area contributed by atoms with Crippen LogP contribution in [0.25, 0.3) is 0 Å². The van der Waals surface area contributed by atoms with E-state index in [1.165, 1.54) is 30.8 Å². The maximum absolute atomic E-state index is 3.48. The molecule has 2 aromatic rings. The van der Waals surface area contributed by atoms with Gasteiger partial charge in [0.25, 0.3) is 0 Å². The van der Waals surface area contributed by atoms with Crippen molar-refractivity contribution >= 4 is 5.69 Å². The molecule has 0 saturated carbocycles. The minimum absolute atomic E-state index is 0.716. The Morgan fingerprint density at radius 2 is 1.65 bits per heavy atom. The third-order valence-corrected chi connectivity index (χ3v) is 4.07. The lowest BCUT2D eigenvalue weighted by atomic mass is 9.99. The Kier molecular flexibility index (Phi) is 4.34. The summed E-state index contributed by atoms with van der Waals surface area (Å²) in [5.74, 6) is 0.716. The van der Waals surface area contributed by atoms with E-state index in [0.717, 1.165) is 13.1 Å². The van der Waals surface area contributed by atoms with Gasteiger partial charge in [0.1, 0.15) is 0 Å². The van der Waals surface area contributed by atoms with E-state index in [1.807, 2.05) is 0 Å². The fraction of sp³-hybridized carbons (Fsp3) is 0.333. The highest BCUT2D eigenvalue weighted by atomic mass is 15.2. The molecule has 1 heterocycles. The van der Waals surface area contributed by atoms with Gasteiger partial charge in [-0.2, -0.15) is 0 Å². The molecule has 2 heteroatoms. The summed E-state index contributed by atoms with van der Waals surface area (Å²) in [5.41, 5.74) is 2.71. The highest BCUT2D eigenvalue weighted by Crippen LogP contribution is 2.26. The van der Waals surface area contributed by atoms with Gasteiger partial charge in [-0.05, 0) is 36.6 Å². The van der Waals surface area contributed by atoms with Crippen LogP contribution in [0.2, 0.25) is 0 Å². The zero-order valence-corrected chi connectivity index (χ0v) is 11.8. The highest BCUT2D eigenvalue weighted by Gasteiger charge is 2.22. The van der Waals surface area contributed by atoms with E-state index in [9.17, 15) is 0 Å². The van der Waals surface area contributed by atoms with E-state index in [-0.39, 0.29) is 0 Å². The minimum Gasteiger partial charge on any atom is -0.384 e. The van der Waals surface area contributed by atoms with Crippen molar-refractivity contribution in [2.24, 2.45) is 0 Å². The van der Waals surface area contributed by atoms with Crippen LogP contribution >= 0.6 is 0 Å². The lowest BCUT2D eigenvalue weighted by molar-refractivity contribution is 0.348. The number of nitrogens with zero attached hydrogens (tertiary/aromatic N) is 1. The van der Waals surface area contributed by atoms with Crippen molar-refractivity contribution in [2.75, 3.05) is 31.5 Å². The molecule has 1 aliphatic heterocycles. The predicted octanol–water partition coefficient (Wildman–Crippen LogP) is 3.59. The molecular weight excluding hydrogens is 244 g/mol. The summed E-state index contributed by atoms with van der Waals surface area (Å²) in [6.07, 6.45) is 1.29. The summed E-state index contributed by atoms with van der Waals surface area (Å²) in [6, 6.07) is 21.4. The maximum atomic E-state index is 3.48. The van der Waals surface area contributed by atoms with Crippen LogP contribution in [0, 0.1) is 0 Å². The molecule has 0 aliphatic carbocycles. The second-order valence-corrected chi connectivity index (χ2v) is 5.49. The van der Waals surface area contributed by atoms with Gasteiger partial charge in [-0.15, -0.1) is 0 Å². The van der Waals surface area contributed by atoms with E-state index in [4.69, 9.17) is 0 Å². The summed E-state index contributed by atoms with van der Waals surface area (Å²) in [7, 11) is 0. The van der Waals surface area contributed by atoms with Crippen LogP contribution in [0.4, 0.5) is 5.69 Å². The van der Waals surface area contributed by atoms with Crippen molar-refractivity contribution in [1.82, 2.24) is 4.90 Å². The third kappa shape index (κ3) is 3.40. The number of likely N-dealkylation sites (tertiary alicyclic amines) is 1. The van der Waals surface area contributed by atoms with Gasteiger partial charge in [0.15, 0.2) is 0 Å². The SMILES string of the molecule is c1ccc(NCCN2CCC(c3ccccc3)C2)cc1. The lowest BCUT2D eigenvalue weighted by Gasteiger charge is -2.17. The first-order chi connectivity index (χ1) is 9.92. The fourth-order valence-electron chi connectivity index (χ4n) is 2.95. The van der Waals surface area contributed by atoms with E-state index < -0.39 is 0 Å². The van der Waals surface area contributed by atoms with Gasteiger partial charge in [-0.3, -0.25) is 0 Å². The summed E-state index contributed by atoms with van der Waals surface area (Å²) in [5, 5.41) is 3.48. The molecule has 104 valence electrons. The number of hydrogen-bond acceptors (Lipinski definition) is 2. The largest absolute Gasteiger partial charge is 0.384 e. The molecule has 1 aliphatic rings. The van der Waals surface area contributed by atoms with Gasteiger partial charge >= 0.3 is 0 Å². The van der Waals surface area contributed by atoms with Crippen LogP contribution in [0.5, 0.6) is 0 Å². The van der Waals surface area contributed by atoms with Crippen LogP contribution in [-0.2, 0) is 0 Å². The lowest BCUT2D eigenvalue weighted by Crippen LogP contribution is -2.26. The molecule has 20 heavy (non-hydrogen) atoms. The summed E-state index contributed by atoms with van der Waals surface area (Å²) < 4.78 is 0. The van der Waals surface area contributed by atoms with E-state index in [0.29, 0.717) is 5.92 Å². The Balaban J connectivity index is 1.44. The Hall–Kier alpha value is -1.80. The molecule has 1 N–H and O–H groups in total. The van der Waals surface area contributed by atoms with Crippen molar-refractivity contribution in [3.05, 3.63) is 66.2 Å². The first kappa shape index (κ1) is 13.2. The third-order valence-electron chi connectivity index (χ3n) is 4.07. The van der Waals surface area contributed by atoms with E-state index >= 15 is 0 Å². The molecule has 3 rings (SSSR count). The zero-order valence-electron chi connectivity index (χ0n) is 11.8. The first-order valence-electron chi connectivity index (χ1n) is 7.48. The second-order valence-electron chi connectivity index (χ2n) is 5.49. The van der Waals surface area contributed by atoms with Crippen LogP contribution < -0.4 is 5.32 Å². The molecule has 1 saturated heterocycles. The predicted molar refractivity (Wildman–Crippen MR) is 85.2 cm³/mol. The van der Waals surface area contributed by atoms with Crippen molar-refractivity contribution < 1.29 is 0 Å². The molecule has 2 aromatic carbocycles. The minimum atomic E-state index is 0.716. The van der Waals surface area contributed by atoms with Gasteiger partial charge in [-0.25, -0.2) is 0 Å². The monoisotopic (exact) mass is 266 g/mol. The molecule has 1 atom stereocenters. The van der Waals surface area contributed by atoms with Crippen molar-refractivity contribution in [3.63, 3.8) is 0 Å². The van der Waals surface area contributed by atoms with Gasteiger partial charge < -0.3 is 10.2 Å². The van der Waals surface area contributed by atoms with Crippen molar-refractivity contribution in [3.8, 4) is 0 Å². The van der Waals surface area contributed by atoms with Crippen LogP contribution in [-0.4, -0.2) is 31.1 Å². The normalized spacial score (nSPS) is 19.1. The maximum Gasteiger partial charge on any atom is 0.0340 e. The Labute approximate surface area is 121 Å². The summed E-state index contributed by atoms with van der Waals surface area (Å²) in [4.78, 5) is 2.56. The average Bonchev–Trinajstić information content (AvgIpc) is 2.98. The highest BCUT2D eigenvalue weighted by molar-refractivity contribution is 5.42.